The van der Waals surface area contributed by atoms with Gasteiger partial charge in [-0.05, 0) is 42.7 Å². The van der Waals surface area contributed by atoms with Gasteiger partial charge in [-0.2, -0.15) is 18.3 Å². The van der Waals surface area contributed by atoms with Crippen LogP contribution >= 0.6 is 0 Å². The summed E-state index contributed by atoms with van der Waals surface area (Å²) in [6, 6.07) is 7.82. The van der Waals surface area contributed by atoms with Gasteiger partial charge in [0, 0.05) is 43.4 Å². The van der Waals surface area contributed by atoms with E-state index in [0.29, 0.717) is 31.4 Å². The lowest BCUT2D eigenvalue weighted by molar-refractivity contribution is -0.141. The average molecular weight is 553 g/mol. The molecule has 5 rings (SSSR count). The molecule has 0 saturated carbocycles. The van der Waals surface area contributed by atoms with Crippen LogP contribution in [0.2, 0.25) is 0 Å². The molecule has 210 valence electrons. The maximum atomic E-state index is 13.9. The Kier molecular flexibility index (Phi) is 6.93. The highest BCUT2D eigenvalue weighted by Crippen LogP contribution is 2.41. The summed E-state index contributed by atoms with van der Waals surface area (Å²) in [6.07, 6.45) is -1.62. The Morgan fingerprint density at radius 2 is 1.80 bits per heavy atom. The summed E-state index contributed by atoms with van der Waals surface area (Å²) in [5, 5.41) is 4.95. The van der Waals surface area contributed by atoms with Crippen LogP contribution in [0.3, 0.4) is 0 Å². The van der Waals surface area contributed by atoms with Crippen molar-refractivity contribution >= 4 is 17.5 Å². The standard InChI is InChI=1S/C29H31F3N6O2/c1-5-25(39)36-12-10-22-26-23(38(35-22)19-8-6-18(7-9-19)16(2)3)11-13-37(27(26)17(36)4)28(40)20-15-34-24(14-21(20)33)29(30,31)32/h5-9,14-17,27H,1,10-13H2,2-4H3,(H2,33,34). The van der Waals surface area contributed by atoms with Crippen molar-refractivity contribution in [2.24, 2.45) is 0 Å². The molecule has 0 radical (unpaired) electrons. The lowest BCUT2D eigenvalue weighted by Gasteiger charge is -2.42. The van der Waals surface area contributed by atoms with Crippen molar-refractivity contribution in [2.45, 2.75) is 57.8 Å². The molecule has 2 aliphatic heterocycles. The van der Waals surface area contributed by atoms with Crippen LogP contribution in [0.25, 0.3) is 5.69 Å². The third kappa shape index (κ3) is 4.63. The van der Waals surface area contributed by atoms with Crippen molar-refractivity contribution < 1.29 is 22.8 Å². The SMILES string of the molecule is C=CC(=O)N1CCc2nn(-c3ccc(C(C)C)cc3)c3c2C(C1C)N(C(=O)c1cnc(C(F)(F)F)cc1N)CC3. The van der Waals surface area contributed by atoms with Gasteiger partial charge in [-0.15, -0.1) is 0 Å². The molecule has 2 unspecified atom stereocenters. The zero-order valence-corrected chi connectivity index (χ0v) is 22.6. The number of halogens is 3. The first-order chi connectivity index (χ1) is 18.9. The average Bonchev–Trinajstić information content (AvgIpc) is 3.22. The zero-order valence-electron chi connectivity index (χ0n) is 22.6. The van der Waals surface area contributed by atoms with Crippen molar-refractivity contribution in [3.63, 3.8) is 0 Å². The Morgan fingerprint density at radius 3 is 2.40 bits per heavy atom. The summed E-state index contributed by atoms with van der Waals surface area (Å²) in [4.78, 5) is 33.4. The van der Waals surface area contributed by atoms with E-state index in [0.717, 1.165) is 28.8 Å². The van der Waals surface area contributed by atoms with Gasteiger partial charge in [0.1, 0.15) is 5.69 Å². The molecule has 0 fully saturated rings. The highest BCUT2D eigenvalue weighted by molar-refractivity contribution is 5.99. The largest absolute Gasteiger partial charge is 0.433 e. The Morgan fingerprint density at radius 1 is 1.12 bits per heavy atom. The van der Waals surface area contributed by atoms with Crippen LogP contribution < -0.4 is 5.73 Å². The number of nitrogen functional groups attached to an aromatic ring is 1. The minimum absolute atomic E-state index is 0.118. The van der Waals surface area contributed by atoms with Crippen LogP contribution in [-0.4, -0.2) is 55.5 Å². The monoisotopic (exact) mass is 552 g/mol. The third-order valence-corrected chi connectivity index (χ3v) is 7.84. The third-order valence-electron chi connectivity index (χ3n) is 7.84. The number of rotatable bonds is 4. The number of carbonyl (C=O) groups is 2. The topological polar surface area (TPSA) is 97.4 Å². The van der Waals surface area contributed by atoms with E-state index in [1.165, 1.54) is 11.6 Å². The number of carbonyl (C=O) groups excluding carboxylic acids is 2. The quantitative estimate of drug-likeness (QED) is 0.474. The van der Waals surface area contributed by atoms with Crippen molar-refractivity contribution in [1.29, 1.82) is 0 Å². The summed E-state index contributed by atoms with van der Waals surface area (Å²) in [7, 11) is 0. The van der Waals surface area contributed by atoms with Crippen molar-refractivity contribution in [1.82, 2.24) is 24.6 Å². The van der Waals surface area contributed by atoms with Gasteiger partial charge in [-0.1, -0.05) is 32.6 Å². The first-order valence-electron chi connectivity index (χ1n) is 13.2. The van der Waals surface area contributed by atoms with Crippen LogP contribution in [0.15, 0.2) is 49.2 Å². The van der Waals surface area contributed by atoms with Gasteiger partial charge in [0.15, 0.2) is 0 Å². The van der Waals surface area contributed by atoms with Crippen LogP contribution in [0, 0.1) is 0 Å². The number of alkyl halides is 3. The number of amides is 2. The first kappa shape index (κ1) is 27.4. The molecule has 11 heteroatoms. The van der Waals surface area contributed by atoms with Gasteiger partial charge in [-0.25, -0.2) is 4.68 Å². The second-order valence-electron chi connectivity index (χ2n) is 10.5. The highest BCUT2D eigenvalue weighted by Gasteiger charge is 2.44. The molecule has 2 amide bonds. The van der Waals surface area contributed by atoms with E-state index in [1.54, 1.807) is 9.80 Å². The minimum Gasteiger partial charge on any atom is -0.398 e. The van der Waals surface area contributed by atoms with Crippen molar-refractivity contribution in [3.05, 3.63) is 83.0 Å². The number of nitrogens with two attached hydrogens (primary N) is 1. The van der Waals surface area contributed by atoms with E-state index in [-0.39, 0.29) is 23.7 Å². The number of hydrogen-bond acceptors (Lipinski definition) is 5. The summed E-state index contributed by atoms with van der Waals surface area (Å²) in [5.41, 5.74) is 9.03. The Bertz CT molecular complexity index is 1480. The fourth-order valence-corrected chi connectivity index (χ4v) is 5.73. The number of hydrogen-bond donors (Lipinski definition) is 1. The fourth-order valence-electron chi connectivity index (χ4n) is 5.73. The molecule has 2 N–H and O–H groups in total. The highest BCUT2D eigenvalue weighted by atomic mass is 19.4. The van der Waals surface area contributed by atoms with Gasteiger partial charge in [0.25, 0.3) is 5.91 Å². The molecular formula is C29H31F3N6O2. The predicted molar refractivity (Wildman–Crippen MR) is 144 cm³/mol. The van der Waals surface area contributed by atoms with Crippen LogP contribution in [-0.2, 0) is 23.8 Å². The number of pyridine rings is 1. The Hall–Kier alpha value is -4.15. The van der Waals surface area contributed by atoms with Crippen LogP contribution in [0.4, 0.5) is 18.9 Å². The van der Waals surface area contributed by atoms with Gasteiger partial charge < -0.3 is 15.5 Å². The van der Waals surface area contributed by atoms with E-state index < -0.39 is 29.9 Å². The summed E-state index contributed by atoms with van der Waals surface area (Å²) >= 11 is 0. The number of benzene rings is 1. The predicted octanol–water partition coefficient (Wildman–Crippen LogP) is 4.69. The second kappa shape index (κ2) is 10.1. The van der Waals surface area contributed by atoms with Gasteiger partial charge >= 0.3 is 6.18 Å². The lowest BCUT2D eigenvalue weighted by atomic mass is 9.90. The molecule has 0 aliphatic carbocycles. The number of aromatic nitrogens is 3. The van der Waals surface area contributed by atoms with Gasteiger partial charge in [-0.3, -0.25) is 14.6 Å². The summed E-state index contributed by atoms with van der Waals surface area (Å²) < 4.78 is 41.4. The van der Waals surface area contributed by atoms with Crippen molar-refractivity contribution in [2.75, 3.05) is 18.8 Å². The maximum absolute atomic E-state index is 13.9. The molecule has 2 aromatic heterocycles. The molecule has 2 atom stereocenters. The van der Waals surface area contributed by atoms with Crippen LogP contribution in [0.1, 0.15) is 71.3 Å². The van der Waals surface area contributed by atoms with E-state index in [4.69, 9.17) is 10.8 Å². The normalized spacial score (nSPS) is 18.9. The Labute approximate surface area is 230 Å². The molecule has 3 aromatic rings. The first-order valence-corrected chi connectivity index (χ1v) is 13.2. The van der Waals surface area contributed by atoms with E-state index in [9.17, 15) is 22.8 Å². The van der Waals surface area contributed by atoms with Gasteiger partial charge in [0.05, 0.1) is 34.7 Å². The molecule has 1 aromatic carbocycles. The maximum Gasteiger partial charge on any atom is 0.433 e. The molecule has 0 saturated heterocycles. The van der Waals surface area contributed by atoms with E-state index in [2.05, 4.69) is 37.5 Å². The van der Waals surface area contributed by atoms with Crippen molar-refractivity contribution in [3.8, 4) is 5.69 Å². The molecule has 0 spiro atoms. The van der Waals surface area contributed by atoms with Gasteiger partial charge in [0.2, 0.25) is 5.91 Å². The second-order valence-corrected chi connectivity index (χ2v) is 10.5. The summed E-state index contributed by atoms with van der Waals surface area (Å²) in [6.45, 7) is 10.4. The molecular weight excluding hydrogens is 521 g/mol. The smallest absolute Gasteiger partial charge is 0.398 e. The fraction of sp³-hybridized carbons (Fsp3) is 0.379. The molecule has 8 nitrogen and oxygen atoms in total. The molecule has 2 aliphatic rings. The Balaban J connectivity index is 1.60. The number of anilines is 1. The summed E-state index contributed by atoms with van der Waals surface area (Å²) in [5.74, 6) is -0.439. The zero-order chi connectivity index (χ0) is 28.9. The molecule has 4 heterocycles. The van der Waals surface area contributed by atoms with E-state index in [1.807, 2.05) is 23.7 Å². The molecule has 40 heavy (non-hydrogen) atoms. The van der Waals surface area contributed by atoms with Crippen LogP contribution in [0.5, 0.6) is 0 Å². The molecule has 0 bridgehead atoms. The minimum atomic E-state index is -4.69. The lowest BCUT2D eigenvalue weighted by Crippen LogP contribution is -2.50. The van der Waals surface area contributed by atoms with E-state index >= 15 is 0 Å². The number of nitrogens with zero attached hydrogens (tertiary/aromatic N) is 5.